The molecule has 1 aromatic heterocycles. The van der Waals surface area contributed by atoms with Gasteiger partial charge in [0.1, 0.15) is 0 Å². The smallest absolute Gasteiger partial charge is 0.390 e. The first kappa shape index (κ1) is 21.6. The number of ether oxygens (including phenoxy) is 1. The number of carbonyl (C=O) groups is 2. The molecule has 8 nitrogen and oxygen atoms in total. The fourth-order valence-corrected chi connectivity index (χ4v) is 3.79. The molecule has 1 aromatic carbocycles. The summed E-state index contributed by atoms with van der Waals surface area (Å²) < 4.78 is 5.16. The van der Waals surface area contributed by atoms with Gasteiger partial charge in [-0.3, -0.25) is 4.79 Å². The van der Waals surface area contributed by atoms with E-state index in [-0.39, 0.29) is 11.8 Å². The van der Waals surface area contributed by atoms with Crippen LogP contribution in [-0.2, 0) is 0 Å². The molecule has 10 heteroatoms. The molecular weight excluding hydrogens is 441 g/mol. The average molecular weight is 464 g/mol. The van der Waals surface area contributed by atoms with Crippen molar-refractivity contribution in [3.8, 4) is 5.88 Å². The molecule has 1 aliphatic carbocycles. The third kappa shape index (κ3) is 5.77. The highest BCUT2D eigenvalue weighted by Crippen LogP contribution is 2.31. The number of piperazine rings is 1. The lowest BCUT2D eigenvalue weighted by atomic mass is 10.1. The zero-order valence-corrected chi connectivity index (χ0v) is 18.4. The maximum atomic E-state index is 12.8. The van der Waals surface area contributed by atoms with E-state index in [0.29, 0.717) is 54.2 Å². The number of aromatic nitrogens is 2. The lowest BCUT2D eigenvalue weighted by molar-refractivity contribution is 0.0746. The Hall–Kier alpha value is -2.58. The lowest BCUT2D eigenvalue weighted by Crippen LogP contribution is -2.49. The van der Waals surface area contributed by atoms with Crippen LogP contribution in [0.4, 0.5) is 10.6 Å². The van der Waals surface area contributed by atoms with E-state index in [1.54, 1.807) is 35.2 Å². The quantitative estimate of drug-likeness (QED) is 0.703. The minimum Gasteiger partial charge on any atom is -0.390 e. The van der Waals surface area contributed by atoms with E-state index >= 15 is 0 Å². The summed E-state index contributed by atoms with van der Waals surface area (Å²) in [5, 5.41) is 11.7. The van der Waals surface area contributed by atoms with Crippen LogP contribution in [0.1, 0.15) is 29.6 Å². The van der Waals surface area contributed by atoms with Crippen LogP contribution in [0.15, 0.2) is 30.3 Å². The van der Waals surface area contributed by atoms with E-state index in [0.717, 1.165) is 12.3 Å². The fraction of sp³-hybridized carbons (Fsp3) is 0.429. The Morgan fingerprint density at radius 2 is 1.84 bits per heavy atom. The minimum atomic E-state index is -0.519. The van der Waals surface area contributed by atoms with Gasteiger partial charge in [0, 0.05) is 43.8 Å². The van der Waals surface area contributed by atoms with Gasteiger partial charge in [-0.15, -0.1) is 10.2 Å². The van der Waals surface area contributed by atoms with Gasteiger partial charge < -0.3 is 19.9 Å². The maximum Gasteiger partial charge on any atom is 0.413 e. The first-order valence-electron chi connectivity index (χ1n) is 10.3. The molecule has 1 saturated carbocycles. The molecule has 2 amide bonds. The molecule has 2 aromatic rings. The summed E-state index contributed by atoms with van der Waals surface area (Å²) in [6.07, 6.45) is 2.97. The van der Waals surface area contributed by atoms with Crippen molar-refractivity contribution in [2.24, 2.45) is 5.92 Å². The average Bonchev–Trinajstić information content (AvgIpc) is 3.60. The number of nitrogens with zero attached hydrogens (tertiary/aromatic N) is 4. The van der Waals surface area contributed by atoms with E-state index in [1.807, 2.05) is 4.90 Å². The number of benzene rings is 1. The highest BCUT2D eigenvalue weighted by molar-refractivity contribution is 6.35. The Kier molecular flexibility index (Phi) is 6.77. The molecule has 0 spiro atoms. The molecule has 0 bridgehead atoms. The van der Waals surface area contributed by atoms with E-state index < -0.39 is 6.09 Å². The summed E-state index contributed by atoms with van der Waals surface area (Å²) in [7, 11) is 0. The Balaban J connectivity index is 1.27. The van der Waals surface area contributed by atoms with Gasteiger partial charge in [-0.1, -0.05) is 36.0 Å². The van der Waals surface area contributed by atoms with Gasteiger partial charge in [-0.25, -0.2) is 4.79 Å². The molecular formula is C21H23Cl2N5O3. The lowest BCUT2D eigenvalue weighted by Gasteiger charge is -2.35. The van der Waals surface area contributed by atoms with Gasteiger partial charge in [0.2, 0.25) is 5.88 Å². The van der Waals surface area contributed by atoms with Crippen LogP contribution in [0.5, 0.6) is 5.88 Å². The van der Waals surface area contributed by atoms with Gasteiger partial charge in [0.15, 0.2) is 5.82 Å². The van der Waals surface area contributed by atoms with Crippen molar-refractivity contribution in [2.75, 3.05) is 37.6 Å². The predicted octanol–water partition coefficient (Wildman–Crippen LogP) is 3.63. The number of anilines is 1. The van der Waals surface area contributed by atoms with Crippen molar-refractivity contribution in [3.63, 3.8) is 0 Å². The van der Waals surface area contributed by atoms with Crippen molar-refractivity contribution >= 4 is 41.0 Å². The molecule has 0 atom stereocenters. The third-order valence-corrected chi connectivity index (χ3v) is 5.96. The van der Waals surface area contributed by atoms with Crippen molar-refractivity contribution < 1.29 is 14.3 Å². The van der Waals surface area contributed by atoms with Crippen molar-refractivity contribution in [3.05, 3.63) is 45.9 Å². The third-order valence-electron chi connectivity index (χ3n) is 5.39. The van der Waals surface area contributed by atoms with Crippen molar-refractivity contribution in [1.29, 1.82) is 0 Å². The van der Waals surface area contributed by atoms with Gasteiger partial charge in [-0.05, 0) is 36.6 Å². The number of nitrogens with one attached hydrogen (secondary N) is 1. The predicted molar refractivity (Wildman–Crippen MR) is 118 cm³/mol. The van der Waals surface area contributed by atoms with Gasteiger partial charge in [-0.2, -0.15) is 0 Å². The number of halogens is 2. The fourth-order valence-electron chi connectivity index (χ4n) is 3.42. The second-order valence-corrected chi connectivity index (χ2v) is 8.53. The molecule has 31 heavy (non-hydrogen) atoms. The molecule has 2 fully saturated rings. The summed E-state index contributed by atoms with van der Waals surface area (Å²) >= 11 is 12.2. The largest absolute Gasteiger partial charge is 0.413 e. The molecule has 0 radical (unpaired) electrons. The second-order valence-electron chi connectivity index (χ2n) is 7.68. The van der Waals surface area contributed by atoms with E-state index in [1.165, 1.54) is 12.8 Å². The SMILES string of the molecule is O=C(NCCC1CC1)Oc1ccc(N2CCN(C(=O)c3cc(Cl)ccc3Cl)CC2)nn1. The number of rotatable bonds is 6. The summed E-state index contributed by atoms with van der Waals surface area (Å²) in [5.41, 5.74) is 0.402. The Morgan fingerprint density at radius 1 is 1.06 bits per heavy atom. The highest BCUT2D eigenvalue weighted by Gasteiger charge is 2.25. The Morgan fingerprint density at radius 3 is 2.52 bits per heavy atom. The summed E-state index contributed by atoms with van der Waals surface area (Å²) in [6, 6.07) is 8.24. The molecule has 1 aliphatic heterocycles. The molecule has 1 saturated heterocycles. The summed E-state index contributed by atoms with van der Waals surface area (Å²) in [5.74, 6) is 1.42. The van der Waals surface area contributed by atoms with Gasteiger partial charge in [0.05, 0.1) is 10.6 Å². The van der Waals surface area contributed by atoms with Crippen LogP contribution in [-0.4, -0.2) is 59.8 Å². The molecule has 4 rings (SSSR count). The normalized spacial score (nSPS) is 16.2. The van der Waals surface area contributed by atoms with Crippen LogP contribution in [0.25, 0.3) is 0 Å². The van der Waals surface area contributed by atoms with Crippen LogP contribution < -0.4 is 15.0 Å². The van der Waals surface area contributed by atoms with E-state index in [9.17, 15) is 9.59 Å². The van der Waals surface area contributed by atoms with Crippen molar-refractivity contribution in [1.82, 2.24) is 20.4 Å². The van der Waals surface area contributed by atoms with E-state index in [2.05, 4.69) is 15.5 Å². The zero-order chi connectivity index (χ0) is 21.8. The Labute approximate surface area is 190 Å². The Bertz CT molecular complexity index is 945. The molecule has 0 unspecified atom stereocenters. The molecule has 2 heterocycles. The van der Waals surface area contributed by atoms with Crippen LogP contribution in [0, 0.1) is 5.92 Å². The molecule has 1 N–H and O–H groups in total. The number of amides is 2. The second kappa shape index (κ2) is 9.70. The van der Waals surface area contributed by atoms with Gasteiger partial charge >= 0.3 is 6.09 Å². The van der Waals surface area contributed by atoms with Crippen LogP contribution >= 0.6 is 23.2 Å². The number of hydrogen-bond acceptors (Lipinski definition) is 6. The minimum absolute atomic E-state index is 0.144. The maximum absolute atomic E-state index is 12.8. The van der Waals surface area contributed by atoms with Crippen molar-refractivity contribution in [2.45, 2.75) is 19.3 Å². The number of carbonyl (C=O) groups excluding carboxylic acids is 2. The highest BCUT2D eigenvalue weighted by atomic mass is 35.5. The summed E-state index contributed by atoms with van der Waals surface area (Å²) in [6.45, 7) is 2.84. The van der Waals surface area contributed by atoms with E-state index in [4.69, 9.17) is 27.9 Å². The standard InChI is InChI=1S/C21H23Cl2N5O3/c22-15-3-4-17(23)16(13-15)20(29)28-11-9-27(10-12-28)18-5-6-19(26-25-18)31-21(30)24-8-7-14-1-2-14/h3-6,13-14H,1-2,7-12H2,(H,24,30). The van der Waals surface area contributed by atoms with Gasteiger partial charge in [0.25, 0.3) is 5.91 Å². The van der Waals surface area contributed by atoms with Crippen LogP contribution in [0.2, 0.25) is 10.0 Å². The first-order chi connectivity index (χ1) is 15.0. The monoisotopic (exact) mass is 463 g/mol. The zero-order valence-electron chi connectivity index (χ0n) is 16.9. The molecule has 164 valence electrons. The van der Waals surface area contributed by atoms with Crippen LogP contribution in [0.3, 0.4) is 0 Å². The molecule has 2 aliphatic rings. The number of hydrogen-bond donors (Lipinski definition) is 1. The summed E-state index contributed by atoms with van der Waals surface area (Å²) in [4.78, 5) is 28.3. The first-order valence-corrected chi connectivity index (χ1v) is 11.0. The topological polar surface area (TPSA) is 87.7 Å².